The molecule has 3 N–H and O–H groups in total. The van der Waals surface area contributed by atoms with E-state index in [1.165, 1.54) is 321 Å². The smallest absolute Gasteiger partial charge is 0.305 e. The number of carbonyl (C=O) groups is 2. The first-order valence-corrected chi connectivity index (χ1v) is 37.9. The van der Waals surface area contributed by atoms with Gasteiger partial charge in [-0.25, -0.2) is 0 Å². The van der Waals surface area contributed by atoms with Gasteiger partial charge in [0.2, 0.25) is 5.91 Å². The monoisotopic (exact) mass is 1180 g/mol. The Hall–Kier alpha value is -2.18. The number of allylic oxidation sites excluding steroid dienone is 8. The van der Waals surface area contributed by atoms with Gasteiger partial charge in [0.25, 0.3) is 0 Å². The van der Waals surface area contributed by atoms with Gasteiger partial charge in [-0.3, -0.25) is 9.59 Å². The van der Waals surface area contributed by atoms with E-state index in [0.717, 1.165) is 57.8 Å². The Bertz CT molecular complexity index is 1400. The number of hydrogen-bond acceptors (Lipinski definition) is 5. The molecule has 0 saturated heterocycles. The third kappa shape index (κ3) is 68.9. The van der Waals surface area contributed by atoms with Crippen molar-refractivity contribution in [2.24, 2.45) is 0 Å². The molecule has 6 heteroatoms. The predicted molar refractivity (Wildman–Crippen MR) is 370 cm³/mol. The van der Waals surface area contributed by atoms with Crippen LogP contribution in [0.3, 0.4) is 0 Å². The summed E-state index contributed by atoms with van der Waals surface area (Å²) in [5.41, 5.74) is 0. The molecule has 494 valence electrons. The Morgan fingerprint density at radius 3 is 0.929 bits per heavy atom. The molecule has 0 aliphatic heterocycles. The van der Waals surface area contributed by atoms with Crippen LogP contribution in [-0.4, -0.2) is 47.4 Å². The van der Waals surface area contributed by atoms with Crippen LogP contribution in [0.25, 0.3) is 0 Å². The molecule has 0 aromatic rings. The normalized spacial score (nSPS) is 12.8. The molecule has 0 fully saturated rings. The van der Waals surface area contributed by atoms with Crippen molar-refractivity contribution >= 4 is 11.9 Å². The topological polar surface area (TPSA) is 95.9 Å². The summed E-state index contributed by atoms with van der Waals surface area (Å²) in [6.45, 7) is 4.96. The lowest BCUT2D eigenvalue weighted by Crippen LogP contribution is -2.45. The van der Waals surface area contributed by atoms with Gasteiger partial charge in [0.15, 0.2) is 0 Å². The van der Waals surface area contributed by atoms with Crippen molar-refractivity contribution in [3.05, 3.63) is 48.6 Å². The maximum absolute atomic E-state index is 12.6. The summed E-state index contributed by atoms with van der Waals surface area (Å²) in [4.78, 5) is 24.7. The highest BCUT2D eigenvalue weighted by Crippen LogP contribution is 2.19. The average Bonchev–Trinajstić information content (AvgIpc) is 3.52. The fourth-order valence-corrected chi connectivity index (χ4v) is 11.8. The lowest BCUT2D eigenvalue weighted by Gasteiger charge is -2.22. The van der Waals surface area contributed by atoms with E-state index in [1.807, 2.05) is 0 Å². The second-order valence-corrected chi connectivity index (χ2v) is 26.0. The van der Waals surface area contributed by atoms with Crippen LogP contribution in [0.1, 0.15) is 412 Å². The van der Waals surface area contributed by atoms with E-state index in [1.54, 1.807) is 0 Å². The van der Waals surface area contributed by atoms with Gasteiger partial charge >= 0.3 is 5.97 Å². The molecule has 2 atom stereocenters. The molecular formula is C78H147NO5. The largest absolute Gasteiger partial charge is 0.466 e. The Balaban J connectivity index is 3.42. The van der Waals surface area contributed by atoms with Gasteiger partial charge in [-0.05, 0) is 89.9 Å². The third-order valence-electron chi connectivity index (χ3n) is 17.6. The molecule has 0 heterocycles. The molecule has 0 saturated carbocycles. The molecule has 0 aliphatic rings. The number of unbranched alkanes of at least 4 members (excludes halogenated alkanes) is 52. The van der Waals surface area contributed by atoms with E-state index in [4.69, 9.17) is 4.74 Å². The van der Waals surface area contributed by atoms with Crippen LogP contribution in [0.5, 0.6) is 0 Å². The highest BCUT2D eigenvalue weighted by atomic mass is 16.5. The Morgan fingerprint density at radius 1 is 0.333 bits per heavy atom. The van der Waals surface area contributed by atoms with Crippen LogP contribution < -0.4 is 5.32 Å². The van der Waals surface area contributed by atoms with E-state index in [0.29, 0.717) is 25.9 Å². The van der Waals surface area contributed by atoms with E-state index in [9.17, 15) is 19.8 Å². The Morgan fingerprint density at radius 2 is 0.595 bits per heavy atom. The number of hydrogen-bond donors (Lipinski definition) is 3. The lowest BCUT2D eigenvalue weighted by atomic mass is 10.0. The first-order chi connectivity index (χ1) is 41.5. The van der Waals surface area contributed by atoms with Gasteiger partial charge in [0.1, 0.15) is 0 Å². The molecule has 0 aliphatic carbocycles. The van der Waals surface area contributed by atoms with Crippen molar-refractivity contribution in [2.75, 3.05) is 13.2 Å². The van der Waals surface area contributed by atoms with Crippen LogP contribution in [0.2, 0.25) is 0 Å². The Kier molecular flexibility index (Phi) is 71.4. The molecule has 0 aromatic carbocycles. The predicted octanol–water partition coefficient (Wildman–Crippen LogP) is 24.8. The fourth-order valence-electron chi connectivity index (χ4n) is 11.8. The third-order valence-corrected chi connectivity index (χ3v) is 17.6. The molecule has 0 radical (unpaired) electrons. The number of rotatable bonds is 71. The van der Waals surface area contributed by atoms with Crippen LogP contribution >= 0.6 is 0 Å². The number of esters is 1. The molecule has 1 amide bonds. The maximum Gasteiger partial charge on any atom is 0.305 e. The van der Waals surface area contributed by atoms with E-state index in [-0.39, 0.29) is 18.5 Å². The zero-order valence-electron chi connectivity index (χ0n) is 56.6. The summed E-state index contributed by atoms with van der Waals surface area (Å²) < 4.78 is 5.49. The van der Waals surface area contributed by atoms with Gasteiger partial charge in [0, 0.05) is 12.8 Å². The highest BCUT2D eigenvalue weighted by molar-refractivity contribution is 5.76. The minimum Gasteiger partial charge on any atom is -0.466 e. The maximum atomic E-state index is 12.6. The van der Waals surface area contributed by atoms with Crippen molar-refractivity contribution in [2.45, 2.75) is 424 Å². The van der Waals surface area contributed by atoms with Crippen molar-refractivity contribution in [1.82, 2.24) is 5.32 Å². The average molecular weight is 1180 g/mol. The second-order valence-electron chi connectivity index (χ2n) is 26.0. The summed E-state index contributed by atoms with van der Waals surface area (Å²) >= 11 is 0. The lowest BCUT2D eigenvalue weighted by molar-refractivity contribution is -0.143. The van der Waals surface area contributed by atoms with E-state index >= 15 is 0 Å². The minimum atomic E-state index is -0.669. The van der Waals surface area contributed by atoms with Gasteiger partial charge in [0.05, 0.1) is 25.4 Å². The quantitative estimate of drug-likeness (QED) is 0.0320. The summed E-state index contributed by atoms with van der Waals surface area (Å²) in [7, 11) is 0. The van der Waals surface area contributed by atoms with Crippen molar-refractivity contribution in [3.63, 3.8) is 0 Å². The number of amides is 1. The van der Waals surface area contributed by atoms with E-state index < -0.39 is 12.1 Å². The van der Waals surface area contributed by atoms with E-state index in [2.05, 4.69) is 67.8 Å². The zero-order valence-corrected chi connectivity index (χ0v) is 56.6. The van der Waals surface area contributed by atoms with Crippen molar-refractivity contribution in [1.29, 1.82) is 0 Å². The summed E-state index contributed by atoms with van der Waals surface area (Å²) in [5.74, 6) is -0.0306. The standard InChI is InChI=1S/C78H147NO5/c1-3-5-7-9-11-13-15-17-19-21-22-23-29-32-35-39-42-46-50-54-58-62-66-70-76(81)75(74-80)79-77(82)71-67-63-59-55-51-47-43-40-36-33-30-27-25-24-26-28-31-34-37-41-45-49-53-57-61-65-69-73-84-78(83)72-68-64-60-56-52-48-44-38-20-18-16-14-12-10-8-6-4-2/h12,14,18,20,24-25,28,31,75-76,80-81H,3-11,13,15-17,19,21-23,26-27,29-30,32-74H2,1-2H3,(H,79,82)/b14-12-,20-18-,25-24-,31-28-. The number of aliphatic hydroxyl groups is 2. The molecule has 2 unspecified atom stereocenters. The molecule has 0 bridgehead atoms. The van der Waals surface area contributed by atoms with Crippen LogP contribution in [0, 0.1) is 0 Å². The first-order valence-electron chi connectivity index (χ1n) is 37.9. The second kappa shape index (κ2) is 73.3. The van der Waals surface area contributed by atoms with Gasteiger partial charge in [-0.2, -0.15) is 0 Å². The Labute approximate surface area is 525 Å². The number of carbonyl (C=O) groups excluding carboxylic acids is 2. The molecule has 0 aromatic heterocycles. The molecule has 6 nitrogen and oxygen atoms in total. The van der Waals surface area contributed by atoms with Gasteiger partial charge < -0.3 is 20.3 Å². The van der Waals surface area contributed by atoms with Crippen LogP contribution in [0.15, 0.2) is 48.6 Å². The van der Waals surface area contributed by atoms with Crippen LogP contribution in [0.4, 0.5) is 0 Å². The first kappa shape index (κ1) is 81.8. The number of aliphatic hydroxyl groups excluding tert-OH is 2. The SMILES string of the molecule is CCCCC/C=C\C/C=C\CCCCCCCCCC(=O)OCCCCCCCCCCC/C=C\C/C=C\CCCCCCCCCCCCCC(=O)NC(CO)C(O)CCCCCCCCCCCCCCCCCCCCCCCCC. The zero-order chi connectivity index (χ0) is 60.6. The fraction of sp³-hybridized carbons (Fsp3) is 0.872. The molecule has 0 spiro atoms. The van der Waals surface area contributed by atoms with Gasteiger partial charge in [-0.15, -0.1) is 0 Å². The summed E-state index contributed by atoms with van der Waals surface area (Å²) in [6, 6.07) is -0.546. The number of nitrogens with one attached hydrogen (secondary N) is 1. The van der Waals surface area contributed by atoms with Gasteiger partial charge in [-0.1, -0.05) is 358 Å². The summed E-state index contributed by atoms with van der Waals surface area (Å²) in [5, 5.41) is 23.5. The summed E-state index contributed by atoms with van der Waals surface area (Å²) in [6.07, 6.45) is 96.0. The van der Waals surface area contributed by atoms with Crippen LogP contribution in [-0.2, 0) is 14.3 Å². The minimum absolute atomic E-state index is 0.00337. The molecule has 0 rings (SSSR count). The molecule has 84 heavy (non-hydrogen) atoms. The molecular weight excluding hydrogens is 1030 g/mol. The highest BCUT2D eigenvalue weighted by Gasteiger charge is 2.20. The van der Waals surface area contributed by atoms with Crippen molar-refractivity contribution in [3.8, 4) is 0 Å². The van der Waals surface area contributed by atoms with Crippen molar-refractivity contribution < 1.29 is 24.5 Å². The number of ether oxygens (including phenoxy) is 1.